The third kappa shape index (κ3) is 3.01. The number of para-hydroxylation sites is 1. The van der Waals surface area contributed by atoms with E-state index in [-0.39, 0.29) is 19.5 Å². The maximum atomic E-state index is 6.22. The molecule has 6 nitrogen and oxygen atoms in total. The minimum atomic E-state index is 0.172. The SMILES string of the molecule is ClCc1c(Oc2ccc3c(c2)OCO3)cccc1Oc1cccc2c1OCO2. The summed E-state index contributed by atoms with van der Waals surface area (Å²) in [6, 6.07) is 16.4. The molecule has 0 atom stereocenters. The molecule has 3 aromatic rings. The van der Waals surface area contributed by atoms with Gasteiger partial charge in [-0.25, -0.2) is 0 Å². The average Bonchev–Trinajstić information content (AvgIpc) is 3.37. The zero-order valence-corrected chi connectivity index (χ0v) is 15.4. The maximum Gasteiger partial charge on any atom is 0.231 e. The van der Waals surface area contributed by atoms with Gasteiger partial charge in [0.2, 0.25) is 19.3 Å². The topological polar surface area (TPSA) is 55.4 Å². The monoisotopic (exact) mass is 398 g/mol. The zero-order chi connectivity index (χ0) is 18.9. The van der Waals surface area contributed by atoms with Crippen molar-refractivity contribution in [1.29, 1.82) is 0 Å². The van der Waals surface area contributed by atoms with E-state index in [4.69, 9.17) is 40.0 Å². The van der Waals surface area contributed by atoms with Crippen LogP contribution in [0.25, 0.3) is 0 Å². The average molecular weight is 399 g/mol. The number of fused-ring (bicyclic) bond motifs is 2. The van der Waals surface area contributed by atoms with Crippen LogP contribution in [0.4, 0.5) is 0 Å². The summed E-state index contributed by atoms with van der Waals surface area (Å²) in [6.45, 7) is 0.382. The lowest BCUT2D eigenvalue weighted by molar-refractivity contribution is 0.171. The van der Waals surface area contributed by atoms with E-state index < -0.39 is 0 Å². The molecule has 0 saturated carbocycles. The van der Waals surface area contributed by atoms with Gasteiger partial charge in [0, 0.05) is 6.07 Å². The van der Waals surface area contributed by atoms with Crippen LogP contribution in [0, 0.1) is 0 Å². The number of rotatable bonds is 5. The molecule has 5 rings (SSSR count). The predicted molar refractivity (Wildman–Crippen MR) is 101 cm³/mol. The molecule has 2 aliphatic rings. The van der Waals surface area contributed by atoms with E-state index in [1.54, 1.807) is 6.07 Å². The van der Waals surface area contributed by atoms with Crippen molar-refractivity contribution in [2.75, 3.05) is 13.6 Å². The van der Waals surface area contributed by atoms with E-state index in [2.05, 4.69) is 0 Å². The smallest absolute Gasteiger partial charge is 0.231 e. The maximum absolute atomic E-state index is 6.22. The summed E-state index contributed by atoms with van der Waals surface area (Å²) < 4.78 is 33.8. The van der Waals surface area contributed by atoms with E-state index >= 15 is 0 Å². The Balaban J connectivity index is 1.45. The van der Waals surface area contributed by atoms with Crippen LogP contribution in [-0.2, 0) is 5.88 Å². The standard InChI is InChI=1S/C21H15ClO6/c22-10-14-15(27-13-7-8-17-20(9-13)25-11-23-17)3-1-4-16(14)28-19-6-2-5-18-21(19)26-12-24-18/h1-9H,10-12H2. The molecule has 0 N–H and O–H groups in total. The van der Waals surface area contributed by atoms with E-state index in [1.165, 1.54) is 0 Å². The lowest BCUT2D eigenvalue weighted by Crippen LogP contribution is -1.96. The molecule has 0 spiro atoms. The highest BCUT2D eigenvalue weighted by molar-refractivity contribution is 6.17. The highest BCUT2D eigenvalue weighted by atomic mass is 35.5. The van der Waals surface area contributed by atoms with Crippen molar-refractivity contribution in [3.8, 4) is 46.0 Å². The highest BCUT2D eigenvalue weighted by Crippen LogP contribution is 2.45. The Hall–Kier alpha value is -3.25. The summed E-state index contributed by atoms with van der Waals surface area (Å²) in [4.78, 5) is 0. The van der Waals surface area contributed by atoms with Gasteiger partial charge < -0.3 is 28.4 Å². The first-order valence-electron chi connectivity index (χ1n) is 8.63. The molecule has 0 radical (unpaired) electrons. The van der Waals surface area contributed by atoms with Crippen LogP contribution in [0.15, 0.2) is 54.6 Å². The normalized spacial score (nSPS) is 13.5. The first-order chi connectivity index (χ1) is 13.8. The molecule has 142 valence electrons. The quantitative estimate of drug-likeness (QED) is 0.531. The minimum absolute atomic E-state index is 0.172. The Morgan fingerprint density at radius 3 is 2.32 bits per heavy atom. The Morgan fingerprint density at radius 1 is 0.714 bits per heavy atom. The second-order valence-electron chi connectivity index (χ2n) is 6.08. The first kappa shape index (κ1) is 16.9. The lowest BCUT2D eigenvalue weighted by Gasteiger charge is -2.15. The second-order valence-corrected chi connectivity index (χ2v) is 6.34. The molecule has 0 bridgehead atoms. The van der Waals surface area contributed by atoms with Gasteiger partial charge in [-0.05, 0) is 36.4 Å². The Kier molecular flexibility index (Phi) is 4.25. The third-order valence-electron chi connectivity index (χ3n) is 4.38. The molecule has 2 heterocycles. The summed E-state index contributed by atoms with van der Waals surface area (Å²) in [5, 5.41) is 0. The molecule has 0 aromatic heterocycles. The van der Waals surface area contributed by atoms with Gasteiger partial charge >= 0.3 is 0 Å². The molecule has 0 aliphatic carbocycles. The van der Waals surface area contributed by atoms with Crippen molar-refractivity contribution >= 4 is 11.6 Å². The van der Waals surface area contributed by atoms with Gasteiger partial charge in [-0.2, -0.15) is 0 Å². The molecule has 2 aliphatic heterocycles. The molecule has 7 heteroatoms. The number of halogens is 1. The molecule has 0 saturated heterocycles. The van der Waals surface area contributed by atoms with Crippen LogP contribution in [-0.4, -0.2) is 13.6 Å². The summed E-state index contributed by atoms with van der Waals surface area (Å²) in [5.74, 6) is 5.13. The number of ether oxygens (including phenoxy) is 6. The summed E-state index contributed by atoms with van der Waals surface area (Å²) >= 11 is 6.22. The van der Waals surface area contributed by atoms with Gasteiger partial charge in [0.1, 0.15) is 17.2 Å². The molecule has 28 heavy (non-hydrogen) atoms. The first-order valence-corrected chi connectivity index (χ1v) is 9.17. The number of hydrogen-bond acceptors (Lipinski definition) is 6. The Labute approximate surface area is 166 Å². The van der Waals surface area contributed by atoms with Crippen LogP contribution in [0.2, 0.25) is 0 Å². The molecular weight excluding hydrogens is 384 g/mol. The molecular formula is C21H15ClO6. The van der Waals surface area contributed by atoms with Gasteiger partial charge in [-0.15, -0.1) is 11.6 Å². The largest absolute Gasteiger partial charge is 0.457 e. The third-order valence-corrected chi connectivity index (χ3v) is 4.64. The van der Waals surface area contributed by atoms with Gasteiger partial charge in [0.15, 0.2) is 23.0 Å². The summed E-state index contributed by atoms with van der Waals surface area (Å²) in [7, 11) is 0. The fourth-order valence-electron chi connectivity index (χ4n) is 3.04. The van der Waals surface area contributed by atoms with Gasteiger partial charge in [-0.1, -0.05) is 12.1 Å². The van der Waals surface area contributed by atoms with Crippen molar-refractivity contribution in [3.63, 3.8) is 0 Å². The van der Waals surface area contributed by atoms with Crippen LogP contribution in [0.3, 0.4) is 0 Å². The molecule has 0 unspecified atom stereocenters. The van der Waals surface area contributed by atoms with Gasteiger partial charge in [0.05, 0.1) is 11.4 Å². The summed E-state index contributed by atoms with van der Waals surface area (Å²) in [6.07, 6.45) is 0. The van der Waals surface area contributed by atoms with Crippen LogP contribution in [0.1, 0.15) is 5.56 Å². The van der Waals surface area contributed by atoms with Gasteiger partial charge in [-0.3, -0.25) is 0 Å². The molecule has 0 amide bonds. The molecule has 3 aromatic carbocycles. The zero-order valence-electron chi connectivity index (χ0n) is 14.6. The fourth-order valence-corrected chi connectivity index (χ4v) is 3.30. The van der Waals surface area contributed by atoms with E-state index in [1.807, 2.05) is 48.5 Å². The molecule has 0 fully saturated rings. The minimum Gasteiger partial charge on any atom is -0.457 e. The Morgan fingerprint density at radius 2 is 1.43 bits per heavy atom. The van der Waals surface area contributed by atoms with E-state index in [0.29, 0.717) is 46.0 Å². The lowest BCUT2D eigenvalue weighted by atomic mass is 10.2. The van der Waals surface area contributed by atoms with Crippen molar-refractivity contribution in [2.24, 2.45) is 0 Å². The predicted octanol–water partition coefficient (Wildman–Crippen LogP) is 5.47. The van der Waals surface area contributed by atoms with Crippen molar-refractivity contribution < 1.29 is 28.4 Å². The van der Waals surface area contributed by atoms with Crippen LogP contribution < -0.4 is 28.4 Å². The van der Waals surface area contributed by atoms with Crippen LogP contribution >= 0.6 is 11.6 Å². The summed E-state index contributed by atoms with van der Waals surface area (Å²) in [5.41, 5.74) is 0.721. The van der Waals surface area contributed by atoms with Crippen LogP contribution in [0.5, 0.6) is 46.0 Å². The van der Waals surface area contributed by atoms with Crippen molar-refractivity contribution in [1.82, 2.24) is 0 Å². The number of hydrogen-bond donors (Lipinski definition) is 0. The highest BCUT2D eigenvalue weighted by Gasteiger charge is 2.21. The van der Waals surface area contributed by atoms with Crippen molar-refractivity contribution in [3.05, 3.63) is 60.2 Å². The van der Waals surface area contributed by atoms with Gasteiger partial charge in [0.25, 0.3) is 0 Å². The van der Waals surface area contributed by atoms with Crippen molar-refractivity contribution in [2.45, 2.75) is 5.88 Å². The van der Waals surface area contributed by atoms with E-state index in [9.17, 15) is 0 Å². The second kappa shape index (κ2) is 7.05. The Bertz CT molecular complexity index is 1040. The fraction of sp³-hybridized carbons (Fsp3) is 0.143. The number of benzene rings is 3. The van der Waals surface area contributed by atoms with E-state index in [0.717, 1.165) is 5.56 Å². The number of alkyl halides is 1.